The first kappa shape index (κ1) is 13.9. The van der Waals surface area contributed by atoms with Crippen LogP contribution in [0.5, 0.6) is 11.8 Å². The highest BCUT2D eigenvalue weighted by Gasteiger charge is 2.20. The van der Waals surface area contributed by atoms with Crippen LogP contribution in [0.2, 0.25) is 0 Å². The molecule has 0 bridgehead atoms. The predicted molar refractivity (Wildman–Crippen MR) is 73.4 cm³/mol. The number of likely N-dealkylation sites (tertiary alicyclic amines) is 1. The zero-order valence-corrected chi connectivity index (χ0v) is 11.6. The van der Waals surface area contributed by atoms with Crippen LogP contribution in [0.25, 0.3) is 0 Å². The van der Waals surface area contributed by atoms with Gasteiger partial charge in [-0.2, -0.15) is 9.97 Å². The Kier molecular flexibility index (Phi) is 4.79. The van der Waals surface area contributed by atoms with Crippen LogP contribution in [0.15, 0.2) is 6.33 Å². The summed E-state index contributed by atoms with van der Waals surface area (Å²) in [5.74, 6) is 0.807. The molecule has 1 aromatic rings. The van der Waals surface area contributed by atoms with Gasteiger partial charge < -0.3 is 20.1 Å². The predicted octanol–water partition coefficient (Wildman–Crippen LogP) is 1.32. The van der Waals surface area contributed by atoms with Gasteiger partial charge in [0, 0.05) is 6.04 Å². The molecule has 1 aromatic heterocycles. The maximum absolute atomic E-state index is 5.93. The summed E-state index contributed by atoms with van der Waals surface area (Å²) in [7, 11) is 2.13. The molecule has 2 rings (SSSR count). The van der Waals surface area contributed by atoms with Gasteiger partial charge in [-0.3, -0.25) is 0 Å². The lowest BCUT2D eigenvalue weighted by Gasteiger charge is -2.32. The quantitative estimate of drug-likeness (QED) is 0.866. The summed E-state index contributed by atoms with van der Waals surface area (Å²) in [6.45, 7) is 4.13. The Morgan fingerprint density at radius 1 is 1.32 bits per heavy atom. The number of hydrogen-bond acceptors (Lipinski definition) is 6. The van der Waals surface area contributed by atoms with Crippen molar-refractivity contribution in [2.45, 2.75) is 32.2 Å². The Morgan fingerprint density at radius 3 is 2.74 bits per heavy atom. The minimum atomic E-state index is 0.378. The summed E-state index contributed by atoms with van der Waals surface area (Å²) < 4.78 is 11.1. The van der Waals surface area contributed by atoms with Crippen LogP contribution < -0.4 is 15.2 Å². The molecule has 6 nitrogen and oxygen atoms in total. The first-order valence-electron chi connectivity index (χ1n) is 6.78. The van der Waals surface area contributed by atoms with E-state index < -0.39 is 0 Å². The first-order chi connectivity index (χ1) is 9.22. The highest BCUT2D eigenvalue weighted by molar-refractivity contribution is 5.55. The van der Waals surface area contributed by atoms with Crippen molar-refractivity contribution >= 4 is 5.69 Å². The fourth-order valence-corrected chi connectivity index (χ4v) is 2.26. The smallest absolute Gasteiger partial charge is 0.244 e. The van der Waals surface area contributed by atoms with E-state index in [0.717, 1.165) is 13.0 Å². The minimum Gasteiger partial charge on any atom is -0.476 e. The van der Waals surface area contributed by atoms with Crippen LogP contribution in [-0.4, -0.2) is 47.7 Å². The zero-order valence-electron chi connectivity index (χ0n) is 11.6. The molecule has 19 heavy (non-hydrogen) atoms. The van der Waals surface area contributed by atoms with Gasteiger partial charge in [-0.05, 0) is 33.4 Å². The molecule has 1 aliphatic rings. The average Bonchev–Trinajstić information content (AvgIpc) is 2.42. The molecule has 6 heteroatoms. The lowest BCUT2D eigenvalue weighted by atomic mass is 10.0. The van der Waals surface area contributed by atoms with Crippen molar-refractivity contribution in [2.24, 2.45) is 0 Å². The monoisotopic (exact) mass is 266 g/mol. The van der Waals surface area contributed by atoms with Crippen LogP contribution >= 0.6 is 0 Å². The summed E-state index contributed by atoms with van der Waals surface area (Å²) in [6, 6.07) is 0.429. The van der Waals surface area contributed by atoms with Crippen molar-refractivity contribution in [1.82, 2.24) is 14.9 Å². The normalized spacial score (nSPS) is 20.2. The number of nitrogens with zero attached hydrogens (tertiary/aromatic N) is 3. The minimum absolute atomic E-state index is 0.378. The van der Waals surface area contributed by atoms with Gasteiger partial charge in [-0.1, -0.05) is 6.42 Å². The van der Waals surface area contributed by atoms with Crippen molar-refractivity contribution < 1.29 is 9.47 Å². The van der Waals surface area contributed by atoms with Crippen LogP contribution in [0.3, 0.4) is 0 Å². The van der Waals surface area contributed by atoms with E-state index in [9.17, 15) is 0 Å². The molecular formula is C13H22N4O2. The van der Waals surface area contributed by atoms with Crippen LogP contribution in [0, 0.1) is 0 Å². The third-order valence-electron chi connectivity index (χ3n) is 3.43. The van der Waals surface area contributed by atoms with Gasteiger partial charge in [0.15, 0.2) is 5.69 Å². The van der Waals surface area contributed by atoms with Gasteiger partial charge in [0.1, 0.15) is 12.9 Å². The Morgan fingerprint density at radius 2 is 2.05 bits per heavy atom. The summed E-state index contributed by atoms with van der Waals surface area (Å²) in [5, 5.41) is 0. The molecule has 0 spiro atoms. The summed E-state index contributed by atoms with van der Waals surface area (Å²) >= 11 is 0. The molecule has 2 N–H and O–H groups in total. The van der Waals surface area contributed by atoms with Crippen LogP contribution in [-0.2, 0) is 0 Å². The van der Waals surface area contributed by atoms with E-state index in [1.807, 2.05) is 6.92 Å². The van der Waals surface area contributed by atoms with E-state index in [0.29, 0.717) is 36.7 Å². The summed E-state index contributed by atoms with van der Waals surface area (Å²) in [5.41, 5.74) is 6.31. The molecule has 0 radical (unpaired) electrons. The van der Waals surface area contributed by atoms with E-state index in [-0.39, 0.29) is 0 Å². The Balaban J connectivity index is 1.97. The lowest BCUT2D eigenvalue weighted by Crippen LogP contribution is -2.40. The molecule has 1 aliphatic heterocycles. The van der Waals surface area contributed by atoms with Gasteiger partial charge in [0.25, 0.3) is 0 Å². The number of rotatable bonds is 5. The maximum Gasteiger partial charge on any atom is 0.244 e. The molecule has 1 saturated heterocycles. The SMILES string of the molecule is CCOc1ncnc(OCC2CCCCN2C)c1N. The highest BCUT2D eigenvalue weighted by Crippen LogP contribution is 2.27. The van der Waals surface area contributed by atoms with E-state index >= 15 is 0 Å². The van der Waals surface area contributed by atoms with Crippen molar-refractivity contribution in [3.63, 3.8) is 0 Å². The lowest BCUT2D eigenvalue weighted by molar-refractivity contribution is 0.122. The molecule has 1 fully saturated rings. The highest BCUT2D eigenvalue weighted by atomic mass is 16.5. The van der Waals surface area contributed by atoms with Crippen molar-refractivity contribution in [3.05, 3.63) is 6.33 Å². The first-order valence-corrected chi connectivity index (χ1v) is 6.78. The molecule has 0 amide bonds. The van der Waals surface area contributed by atoms with Gasteiger partial charge in [0.2, 0.25) is 11.8 Å². The second kappa shape index (κ2) is 6.56. The number of hydrogen-bond donors (Lipinski definition) is 1. The van der Waals surface area contributed by atoms with E-state index in [4.69, 9.17) is 15.2 Å². The molecule has 0 aromatic carbocycles. The van der Waals surface area contributed by atoms with Crippen molar-refractivity contribution in [3.8, 4) is 11.8 Å². The molecular weight excluding hydrogens is 244 g/mol. The molecule has 106 valence electrons. The van der Waals surface area contributed by atoms with Gasteiger partial charge in [0.05, 0.1) is 6.61 Å². The second-order valence-corrected chi connectivity index (χ2v) is 4.77. The fourth-order valence-electron chi connectivity index (χ4n) is 2.26. The number of piperidine rings is 1. The van der Waals surface area contributed by atoms with Gasteiger partial charge in [-0.25, -0.2) is 0 Å². The Bertz CT molecular complexity index is 414. The molecule has 0 saturated carbocycles. The fraction of sp³-hybridized carbons (Fsp3) is 0.692. The van der Waals surface area contributed by atoms with Crippen molar-refractivity contribution in [1.29, 1.82) is 0 Å². The van der Waals surface area contributed by atoms with Gasteiger partial charge >= 0.3 is 0 Å². The Labute approximate surface area is 113 Å². The topological polar surface area (TPSA) is 73.5 Å². The molecule has 1 unspecified atom stereocenters. The standard InChI is InChI=1S/C13H22N4O2/c1-3-18-12-11(14)13(16-9-15-12)19-8-10-6-4-5-7-17(10)2/h9-10H,3-8,14H2,1-2H3. The van der Waals surface area contributed by atoms with Crippen LogP contribution in [0.1, 0.15) is 26.2 Å². The van der Waals surface area contributed by atoms with E-state index in [2.05, 4.69) is 21.9 Å². The largest absolute Gasteiger partial charge is 0.476 e. The number of aromatic nitrogens is 2. The summed E-state index contributed by atoms with van der Waals surface area (Å²) in [4.78, 5) is 10.4. The maximum atomic E-state index is 5.93. The van der Waals surface area contributed by atoms with Crippen molar-refractivity contribution in [2.75, 3.05) is 32.5 Å². The third-order valence-corrected chi connectivity index (χ3v) is 3.43. The second-order valence-electron chi connectivity index (χ2n) is 4.77. The number of nitrogen functional groups attached to an aromatic ring is 1. The Hall–Kier alpha value is -1.56. The van der Waals surface area contributed by atoms with E-state index in [1.165, 1.54) is 19.2 Å². The molecule has 2 heterocycles. The number of anilines is 1. The number of likely N-dealkylation sites (N-methyl/N-ethyl adjacent to an activating group) is 1. The average molecular weight is 266 g/mol. The molecule has 1 atom stereocenters. The zero-order chi connectivity index (χ0) is 13.7. The van der Waals surface area contributed by atoms with Crippen LogP contribution in [0.4, 0.5) is 5.69 Å². The van der Waals surface area contributed by atoms with E-state index in [1.54, 1.807) is 0 Å². The summed E-state index contributed by atoms with van der Waals surface area (Å²) in [6.07, 6.45) is 5.08. The number of nitrogens with two attached hydrogens (primary N) is 1. The van der Waals surface area contributed by atoms with Gasteiger partial charge in [-0.15, -0.1) is 0 Å². The third kappa shape index (κ3) is 3.47. The molecule has 0 aliphatic carbocycles. The number of ether oxygens (including phenoxy) is 2.